The van der Waals surface area contributed by atoms with E-state index in [4.69, 9.17) is 44.3 Å². The number of methoxy groups -OCH3 is 2. The van der Waals surface area contributed by atoms with Crippen LogP contribution in [-0.2, 0) is 32.3 Å². The molecule has 2 aliphatic rings. The second-order valence-corrected chi connectivity index (χ2v) is 15.1. The lowest BCUT2D eigenvalue weighted by Crippen LogP contribution is -2.64. The second kappa shape index (κ2) is 16.5. The molecular formula is C35H36BClN2O9S2. The Kier molecular flexibility index (Phi) is 12.3. The number of β-lactam (4-membered cyclic amide) rings is 1. The molecule has 15 heteroatoms. The van der Waals surface area contributed by atoms with Crippen LogP contribution in [0.15, 0.2) is 60.7 Å². The average molecular weight is 739 g/mol. The fourth-order valence-electron chi connectivity index (χ4n) is 5.45. The van der Waals surface area contributed by atoms with Crippen LogP contribution in [0.2, 0.25) is 5.02 Å². The van der Waals surface area contributed by atoms with Gasteiger partial charge in [0.1, 0.15) is 36.1 Å². The highest BCUT2D eigenvalue weighted by atomic mass is 35.5. The van der Waals surface area contributed by atoms with Crippen LogP contribution in [0.5, 0.6) is 23.0 Å². The smallest absolute Gasteiger partial charge is 0.378 e. The van der Waals surface area contributed by atoms with Gasteiger partial charge in [0.15, 0.2) is 15.6 Å². The Hall–Kier alpha value is -3.85. The Morgan fingerprint density at radius 3 is 2.14 bits per heavy atom. The number of fused-ring (bicyclic) bond motifs is 1. The lowest BCUT2D eigenvalue weighted by molar-refractivity contribution is -0.144. The molecule has 2 heterocycles. The number of halogens is 1. The zero-order chi connectivity index (χ0) is 36.0. The minimum atomic E-state index is -1.19. The monoisotopic (exact) mass is 738 g/mol. The van der Waals surface area contributed by atoms with Crippen LogP contribution < -0.4 is 24.7 Å². The molecule has 262 valence electrons. The van der Waals surface area contributed by atoms with Crippen molar-refractivity contribution >= 4 is 66.6 Å². The molecule has 3 aromatic rings. The van der Waals surface area contributed by atoms with E-state index in [1.54, 1.807) is 32.4 Å². The zero-order valence-corrected chi connectivity index (χ0v) is 30.1. The van der Waals surface area contributed by atoms with E-state index in [1.807, 2.05) is 43.3 Å². The first-order valence-electron chi connectivity index (χ1n) is 15.7. The quantitative estimate of drug-likeness (QED) is 0.0864. The Morgan fingerprint density at radius 2 is 1.60 bits per heavy atom. The number of benzene rings is 3. The van der Waals surface area contributed by atoms with Crippen LogP contribution in [0, 0.1) is 5.92 Å². The van der Waals surface area contributed by atoms with E-state index in [0.29, 0.717) is 29.4 Å². The molecule has 5 rings (SSSR count). The van der Waals surface area contributed by atoms with Crippen molar-refractivity contribution in [3.63, 3.8) is 0 Å². The van der Waals surface area contributed by atoms with Crippen molar-refractivity contribution in [3.8, 4) is 23.0 Å². The van der Waals surface area contributed by atoms with E-state index in [2.05, 4.69) is 4.65 Å². The Morgan fingerprint density at radius 1 is 1.00 bits per heavy atom. The van der Waals surface area contributed by atoms with Gasteiger partial charge in [-0.3, -0.25) is 19.2 Å². The molecule has 4 atom stereocenters. The molecule has 2 aliphatic heterocycles. The fourth-order valence-corrected chi connectivity index (χ4v) is 9.09. The molecule has 3 aromatic carbocycles. The number of Topliss-reactive ketones (excluding diaryl/α,β-unsaturated/α-hetero) is 2. The number of ketones is 2. The molecule has 1 unspecified atom stereocenters. The van der Waals surface area contributed by atoms with Gasteiger partial charge in [-0.05, 0) is 59.2 Å². The van der Waals surface area contributed by atoms with Crippen molar-refractivity contribution in [2.75, 3.05) is 26.5 Å². The predicted octanol–water partition coefficient (Wildman–Crippen LogP) is 4.98. The molecule has 2 N–H and O–H groups in total. The zero-order valence-electron chi connectivity index (χ0n) is 27.7. The summed E-state index contributed by atoms with van der Waals surface area (Å²) in [7, 11) is 8.42. The Balaban J connectivity index is 1.30. The number of carbonyl (C=O) groups excluding carboxylic acids is 4. The van der Waals surface area contributed by atoms with Gasteiger partial charge in [0.2, 0.25) is 17.5 Å². The molecule has 0 saturated carbocycles. The summed E-state index contributed by atoms with van der Waals surface area (Å²) in [6, 6.07) is 16.9. The number of nitrogens with two attached hydrogens (primary N) is 1. The number of hydrogen-bond acceptors (Lipinski definition) is 12. The van der Waals surface area contributed by atoms with E-state index in [-0.39, 0.29) is 59.7 Å². The van der Waals surface area contributed by atoms with Crippen molar-refractivity contribution in [2.45, 2.75) is 48.5 Å². The van der Waals surface area contributed by atoms with E-state index >= 15 is 0 Å². The molecule has 1 amide bonds. The second-order valence-electron chi connectivity index (χ2n) is 11.7. The van der Waals surface area contributed by atoms with Gasteiger partial charge in [-0.1, -0.05) is 49.2 Å². The lowest BCUT2D eigenvalue weighted by Gasteiger charge is -2.38. The first kappa shape index (κ1) is 37.4. The standard InChI is InChI=1S/C35H36BClN2O9S2/c1-4-20(18-49-35(34(43)48-36)19-39-32(42)29(38)33(39)50-35)15-26(40)30(41)25-13-14-27(46-16-21-5-9-23(44-2)10-6-21)31(28(25)37)47-17-22-7-11-24(45-3)12-8-22/h5-14,20,29,33H,4,15-19,38H2,1-3H3/t20-,29?,33+,35+/m0/s1. The lowest BCUT2D eigenvalue weighted by atomic mass is 9.96. The molecular weight excluding hydrogens is 703 g/mol. The van der Waals surface area contributed by atoms with E-state index in [9.17, 15) is 19.2 Å². The highest BCUT2D eigenvalue weighted by molar-refractivity contribution is 8.20. The fraction of sp³-hybridized carbons (Fsp3) is 0.371. The van der Waals surface area contributed by atoms with Crippen LogP contribution in [0.3, 0.4) is 0 Å². The van der Waals surface area contributed by atoms with Crippen LogP contribution >= 0.6 is 35.1 Å². The van der Waals surface area contributed by atoms with Gasteiger partial charge >= 0.3 is 14.0 Å². The molecule has 0 bridgehead atoms. The summed E-state index contributed by atoms with van der Waals surface area (Å²) in [6.07, 6.45) is 0.443. The third-order valence-corrected chi connectivity index (χ3v) is 12.4. The van der Waals surface area contributed by atoms with Crippen molar-refractivity contribution in [1.29, 1.82) is 0 Å². The summed E-state index contributed by atoms with van der Waals surface area (Å²) in [5.74, 6) is -0.521. The van der Waals surface area contributed by atoms with Gasteiger partial charge < -0.3 is 34.2 Å². The molecule has 0 spiro atoms. The number of rotatable bonds is 17. The molecule has 0 aromatic heterocycles. The normalized spacial score (nSPS) is 19.9. The molecule has 50 heavy (non-hydrogen) atoms. The largest absolute Gasteiger partial charge is 0.542 e. The summed E-state index contributed by atoms with van der Waals surface area (Å²) < 4.78 is 26.1. The van der Waals surface area contributed by atoms with Gasteiger partial charge in [-0.15, -0.1) is 23.5 Å². The summed E-state index contributed by atoms with van der Waals surface area (Å²) in [5.41, 5.74) is 7.58. The van der Waals surface area contributed by atoms with Gasteiger partial charge in [-0.25, -0.2) is 0 Å². The van der Waals surface area contributed by atoms with Crippen LogP contribution in [-0.4, -0.2) is 78.4 Å². The Bertz CT molecular complexity index is 1730. The number of carbonyl (C=O) groups is 4. The first-order valence-corrected chi connectivity index (χ1v) is 18.0. The van der Waals surface area contributed by atoms with Gasteiger partial charge in [-0.2, -0.15) is 0 Å². The minimum absolute atomic E-state index is 0.0212. The minimum Gasteiger partial charge on any atom is -0.542 e. The molecule has 2 fully saturated rings. The van der Waals surface area contributed by atoms with Gasteiger partial charge in [0, 0.05) is 12.0 Å². The maximum atomic E-state index is 13.6. The molecule has 2 radical (unpaired) electrons. The molecule has 0 aliphatic carbocycles. The summed E-state index contributed by atoms with van der Waals surface area (Å²) in [4.78, 5) is 53.5. The van der Waals surface area contributed by atoms with Crippen LogP contribution in [0.1, 0.15) is 41.3 Å². The maximum Gasteiger partial charge on any atom is 0.378 e. The van der Waals surface area contributed by atoms with Crippen LogP contribution in [0.4, 0.5) is 0 Å². The van der Waals surface area contributed by atoms with Crippen molar-refractivity contribution in [2.24, 2.45) is 11.7 Å². The number of ether oxygens (including phenoxy) is 4. The number of hydrogen-bond donors (Lipinski definition) is 1. The average Bonchev–Trinajstić information content (AvgIpc) is 3.52. The van der Waals surface area contributed by atoms with Crippen LogP contribution in [0.25, 0.3) is 0 Å². The highest BCUT2D eigenvalue weighted by Crippen LogP contribution is 2.53. The van der Waals surface area contributed by atoms with E-state index in [0.717, 1.165) is 11.1 Å². The third-order valence-electron chi connectivity index (χ3n) is 8.55. The van der Waals surface area contributed by atoms with Crippen molar-refractivity contribution < 1.29 is 42.8 Å². The topological polar surface area (TPSA) is 144 Å². The van der Waals surface area contributed by atoms with E-state index in [1.165, 1.54) is 34.5 Å². The maximum absolute atomic E-state index is 13.6. The number of nitrogens with zero attached hydrogens (tertiary/aromatic N) is 1. The third kappa shape index (κ3) is 8.04. The summed E-state index contributed by atoms with van der Waals surface area (Å²) >= 11 is 9.26. The SMILES string of the molecule is [B]OC(=O)[C@@]1(SC[C@@H](CC)CC(=O)C(=O)c2ccc(OCc3ccc(OC)cc3)c(OCc3ccc(OC)cc3)c2Cl)CN2C(=O)C(N)[C@H]2S1. The predicted molar refractivity (Wildman–Crippen MR) is 192 cm³/mol. The van der Waals surface area contributed by atoms with Crippen molar-refractivity contribution in [3.05, 3.63) is 82.4 Å². The first-order chi connectivity index (χ1) is 24.0. The number of amides is 1. The summed E-state index contributed by atoms with van der Waals surface area (Å²) in [5, 5.41) is -0.409. The van der Waals surface area contributed by atoms with Gasteiger partial charge in [0.25, 0.3) is 0 Å². The van der Waals surface area contributed by atoms with Gasteiger partial charge in [0.05, 0.1) is 25.8 Å². The molecule has 11 nitrogen and oxygen atoms in total. The number of thioether (sulfide) groups is 2. The highest BCUT2D eigenvalue weighted by Gasteiger charge is 2.61. The van der Waals surface area contributed by atoms with E-state index < -0.39 is 27.7 Å². The summed E-state index contributed by atoms with van der Waals surface area (Å²) in [6.45, 7) is 2.25. The van der Waals surface area contributed by atoms with Crippen molar-refractivity contribution in [1.82, 2.24) is 4.90 Å². The Labute approximate surface area is 305 Å². The molecule has 2 saturated heterocycles.